The van der Waals surface area contributed by atoms with E-state index >= 15 is 0 Å². The van der Waals surface area contributed by atoms with E-state index in [4.69, 9.17) is 4.42 Å². The molecule has 0 N–H and O–H groups in total. The zero-order chi connectivity index (χ0) is 34.4. The first kappa shape index (κ1) is 27.6. The monoisotopic (exact) mass is 672 g/mol. The second-order valence-corrected chi connectivity index (χ2v) is 14.4. The Morgan fingerprint density at radius 1 is 0.302 bits per heavy atom. The summed E-state index contributed by atoms with van der Waals surface area (Å²) in [7, 11) is 0. The van der Waals surface area contributed by atoms with Crippen molar-refractivity contribution >= 4 is 87.1 Å². The van der Waals surface area contributed by atoms with Crippen molar-refractivity contribution in [1.82, 2.24) is 9.13 Å². The van der Waals surface area contributed by atoms with Gasteiger partial charge in [0.1, 0.15) is 11.2 Å². The lowest BCUT2D eigenvalue weighted by atomic mass is 10.0. The van der Waals surface area contributed by atoms with Crippen molar-refractivity contribution in [2.24, 2.45) is 0 Å². The predicted molar refractivity (Wildman–Crippen MR) is 222 cm³/mol. The van der Waals surface area contributed by atoms with Crippen LogP contribution >= 0.6 is 0 Å². The van der Waals surface area contributed by atoms with E-state index in [1.807, 2.05) is 0 Å². The summed E-state index contributed by atoms with van der Waals surface area (Å²) >= 11 is 0. The standard InChI is InChI=1S/C50H28N2O/c1-2-13-30-29(11-1)12-9-21-39(30)52-42-27-28-45-49(37-17-6-8-22-44(37)53-45)47(42)38-24-26-43-48(50(38)52)36-16-5-7-20-40(36)51(43)41-25-23-34-32-15-4-3-14-31(32)33-18-10-19-35(41)46(33)34/h1-28H. The molecule has 1 aliphatic carbocycles. The van der Waals surface area contributed by atoms with E-state index in [1.165, 1.54) is 98.8 Å². The Morgan fingerprint density at radius 3 is 1.85 bits per heavy atom. The van der Waals surface area contributed by atoms with Crippen LogP contribution in [-0.4, -0.2) is 9.13 Å². The summed E-state index contributed by atoms with van der Waals surface area (Å²) in [6.45, 7) is 0. The van der Waals surface area contributed by atoms with Gasteiger partial charge >= 0.3 is 0 Å². The fraction of sp³-hybridized carbons (Fsp3) is 0. The van der Waals surface area contributed by atoms with Gasteiger partial charge in [-0.05, 0) is 75.5 Å². The van der Waals surface area contributed by atoms with Crippen molar-refractivity contribution < 1.29 is 4.42 Å². The molecule has 0 saturated carbocycles. The summed E-state index contributed by atoms with van der Waals surface area (Å²) in [6, 6.07) is 62.2. The highest BCUT2D eigenvalue weighted by Crippen LogP contribution is 2.50. The molecule has 1 aliphatic rings. The average Bonchev–Trinajstić information content (AvgIpc) is 3.95. The molecule has 3 nitrogen and oxygen atoms in total. The Labute approximate surface area is 303 Å². The van der Waals surface area contributed by atoms with Crippen LogP contribution in [0.1, 0.15) is 0 Å². The van der Waals surface area contributed by atoms with Gasteiger partial charge in [0.05, 0.1) is 33.4 Å². The van der Waals surface area contributed by atoms with Crippen molar-refractivity contribution in [3.05, 3.63) is 170 Å². The van der Waals surface area contributed by atoms with Crippen molar-refractivity contribution in [1.29, 1.82) is 0 Å². The summed E-state index contributed by atoms with van der Waals surface area (Å²) in [6.07, 6.45) is 0. The summed E-state index contributed by atoms with van der Waals surface area (Å²) in [5, 5.41) is 12.3. The molecule has 13 rings (SSSR count). The van der Waals surface area contributed by atoms with E-state index in [0.717, 1.165) is 21.9 Å². The second-order valence-electron chi connectivity index (χ2n) is 14.4. The zero-order valence-corrected chi connectivity index (χ0v) is 28.5. The van der Waals surface area contributed by atoms with Crippen LogP contribution in [0, 0.1) is 0 Å². The van der Waals surface area contributed by atoms with Gasteiger partial charge in [0.25, 0.3) is 0 Å². The second kappa shape index (κ2) is 9.81. The highest BCUT2D eigenvalue weighted by atomic mass is 16.3. The topological polar surface area (TPSA) is 23.0 Å². The van der Waals surface area contributed by atoms with Crippen LogP contribution in [0.5, 0.6) is 0 Å². The molecule has 0 bridgehead atoms. The van der Waals surface area contributed by atoms with Crippen LogP contribution in [0.2, 0.25) is 0 Å². The van der Waals surface area contributed by atoms with Crippen molar-refractivity contribution in [2.45, 2.75) is 0 Å². The fourth-order valence-corrected chi connectivity index (χ4v) is 9.76. The number of furan rings is 1. The quantitative estimate of drug-likeness (QED) is 0.179. The SMILES string of the molecule is c1ccc2c(c1)-c1cccc3c(-n4c5ccccc5c5c4ccc4c6c7c(ccc6n(-c6cccc8ccccc68)c45)oc4ccccc47)ccc-2c13. The Bertz CT molecular complexity index is 3540. The molecule has 0 atom stereocenters. The van der Waals surface area contributed by atoms with Crippen molar-refractivity contribution in [2.75, 3.05) is 0 Å². The normalized spacial score (nSPS) is 12.5. The van der Waals surface area contributed by atoms with Crippen molar-refractivity contribution in [3.8, 4) is 33.6 Å². The van der Waals surface area contributed by atoms with Crippen LogP contribution in [0.15, 0.2) is 174 Å². The first-order valence-electron chi connectivity index (χ1n) is 18.3. The first-order chi connectivity index (χ1) is 26.3. The lowest BCUT2D eigenvalue weighted by Gasteiger charge is -2.14. The summed E-state index contributed by atoms with van der Waals surface area (Å²) in [5.74, 6) is 0. The zero-order valence-electron chi connectivity index (χ0n) is 28.5. The molecule has 3 heteroatoms. The molecule has 0 radical (unpaired) electrons. The maximum Gasteiger partial charge on any atom is 0.136 e. The molecular formula is C50H28N2O. The Morgan fingerprint density at radius 2 is 0.943 bits per heavy atom. The minimum Gasteiger partial charge on any atom is -0.456 e. The number of rotatable bonds is 2. The number of nitrogens with zero attached hydrogens (tertiary/aromatic N) is 2. The Kier molecular flexibility index (Phi) is 5.11. The third kappa shape index (κ3) is 3.40. The maximum absolute atomic E-state index is 6.49. The molecular weight excluding hydrogens is 645 g/mol. The summed E-state index contributed by atoms with van der Waals surface area (Å²) < 4.78 is 11.5. The fourth-order valence-electron chi connectivity index (χ4n) is 9.76. The number of para-hydroxylation sites is 2. The lowest BCUT2D eigenvalue weighted by molar-refractivity contribution is 0.669. The maximum atomic E-state index is 6.49. The highest BCUT2D eigenvalue weighted by molar-refractivity contribution is 6.33. The van der Waals surface area contributed by atoms with E-state index in [0.29, 0.717) is 0 Å². The summed E-state index contributed by atoms with van der Waals surface area (Å²) in [5.41, 5.74) is 14.2. The minimum absolute atomic E-state index is 0.909. The predicted octanol–water partition coefficient (Wildman–Crippen LogP) is 13.7. The van der Waals surface area contributed by atoms with Gasteiger partial charge in [-0.2, -0.15) is 0 Å². The molecule has 0 spiro atoms. The molecule has 3 aromatic heterocycles. The summed E-state index contributed by atoms with van der Waals surface area (Å²) in [4.78, 5) is 0. The molecule has 0 unspecified atom stereocenters. The van der Waals surface area contributed by atoms with Gasteiger partial charge in [-0.15, -0.1) is 0 Å². The van der Waals surface area contributed by atoms with Crippen molar-refractivity contribution in [3.63, 3.8) is 0 Å². The smallest absolute Gasteiger partial charge is 0.136 e. The van der Waals surface area contributed by atoms with Gasteiger partial charge in [-0.3, -0.25) is 0 Å². The number of hydrogen-bond donors (Lipinski definition) is 0. The third-order valence-electron chi connectivity index (χ3n) is 11.8. The third-order valence-corrected chi connectivity index (χ3v) is 11.8. The number of hydrogen-bond acceptors (Lipinski definition) is 1. The van der Waals surface area contributed by atoms with Crippen LogP contribution in [0.4, 0.5) is 0 Å². The van der Waals surface area contributed by atoms with Gasteiger partial charge in [0, 0.05) is 43.1 Å². The van der Waals surface area contributed by atoms with Crippen LogP contribution in [0.3, 0.4) is 0 Å². The van der Waals surface area contributed by atoms with Gasteiger partial charge in [-0.1, -0.05) is 127 Å². The molecule has 0 saturated heterocycles. The number of fused-ring (bicyclic) bond motifs is 15. The largest absolute Gasteiger partial charge is 0.456 e. The number of aromatic nitrogens is 2. The molecule has 244 valence electrons. The number of benzene rings is 9. The molecule has 0 amide bonds. The molecule has 12 aromatic rings. The van der Waals surface area contributed by atoms with Gasteiger partial charge in [-0.25, -0.2) is 0 Å². The minimum atomic E-state index is 0.909. The van der Waals surface area contributed by atoms with Gasteiger partial charge in [0.2, 0.25) is 0 Å². The molecule has 3 heterocycles. The van der Waals surface area contributed by atoms with E-state index < -0.39 is 0 Å². The highest BCUT2D eigenvalue weighted by Gasteiger charge is 2.27. The van der Waals surface area contributed by atoms with Crippen LogP contribution < -0.4 is 0 Å². The average molecular weight is 673 g/mol. The molecule has 0 fully saturated rings. The molecule has 0 aliphatic heterocycles. The molecule has 9 aromatic carbocycles. The van der Waals surface area contributed by atoms with E-state index in [-0.39, 0.29) is 0 Å². The van der Waals surface area contributed by atoms with Gasteiger partial charge in [0.15, 0.2) is 0 Å². The Hall–Kier alpha value is -7.10. The van der Waals surface area contributed by atoms with E-state index in [9.17, 15) is 0 Å². The molecule has 53 heavy (non-hydrogen) atoms. The van der Waals surface area contributed by atoms with E-state index in [2.05, 4.69) is 179 Å². The first-order valence-corrected chi connectivity index (χ1v) is 18.3. The lowest BCUT2D eigenvalue weighted by Crippen LogP contribution is -1.97. The van der Waals surface area contributed by atoms with Crippen LogP contribution in [-0.2, 0) is 0 Å². The van der Waals surface area contributed by atoms with E-state index in [1.54, 1.807) is 0 Å². The van der Waals surface area contributed by atoms with Crippen LogP contribution in [0.25, 0.3) is 121 Å². The Balaban J connectivity index is 1.24. The van der Waals surface area contributed by atoms with Gasteiger partial charge < -0.3 is 13.6 Å².